The van der Waals surface area contributed by atoms with Crippen LogP contribution in [-0.4, -0.2) is 32.4 Å². The van der Waals surface area contributed by atoms with E-state index >= 15 is 0 Å². The van der Waals surface area contributed by atoms with Gasteiger partial charge in [0.1, 0.15) is 11.5 Å². The first-order valence-corrected chi connectivity index (χ1v) is 17.5. The topological polar surface area (TPSA) is 74.3 Å². The van der Waals surface area contributed by atoms with Crippen molar-refractivity contribution in [3.8, 4) is 11.5 Å². The molecule has 0 atom stereocenters. The lowest BCUT2D eigenvalue weighted by atomic mass is 10.1. The first-order valence-electron chi connectivity index (χ1n) is 17.5. The van der Waals surface area contributed by atoms with Gasteiger partial charge in [-0.15, -0.1) is 0 Å². The quantitative estimate of drug-likeness (QED) is 0.0440. The van der Waals surface area contributed by atoms with Crippen LogP contribution in [0.15, 0.2) is 121 Å². The average molecular weight is 696 g/mol. The second-order valence-corrected chi connectivity index (χ2v) is 12.3. The van der Waals surface area contributed by atoms with Crippen LogP contribution in [0.5, 0.6) is 11.5 Å². The Morgan fingerprint density at radius 1 is 0.519 bits per heavy atom. The Hall–Kier alpha value is -6.08. The fourth-order valence-corrected chi connectivity index (χ4v) is 5.41. The molecule has 0 aliphatic carbocycles. The normalized spacial score (nSPS) is 11.1. The van der Waals surface area contributed by atoms with Gasteiger partial charge in [0, 0.05) is 24.0 Å². The van der Waals surface area contributed by atoms with Crippen LogP contribution >= 0.6 is 0 Å². The average Bonchev–Trinajstić information content (AvgIpc) is 3.16. The zero-order valence-electron chi connectivity index (χ0n) is 30.0. The van der Waals surface area contributed by atoms with E-state index in [1.165, 1.54) is 12.5 Å². The van der Waals surface area contributed by atoms with Crippen molar-refractivity contribution >= 4 is 53.5 Å². The second kappa shape index (κ2) is 19.3. The van der Waals surface area contributed by atoms with Crippen LogP contribution < -0.4 is 14.4 Å². The van der Waals surface area contributed by atoms with Crippen molar-refractivity contribution in [3.05, 3.63) is 149 Å². The smallest absolute Gasteiger partial charge is 0.497 e. The van der Waals surface area contributed by atoms with Crippen molar-refractivity contribution < 1.29 is 28.5 Å². The number of hydrogen-bond acceptors (Lipinski definition) is 7. The number of methoxy groups -OCH3 is 1. The molecule has 0 aliphatic rings. The molecule has 0 aliphatic heterocycles. The van der Waals surface area contributed by atoms with Gasteiger partial charge < -0.3 is 23.8 Å². The van der Waals surface area contributed by atoms with E-state index in [0.717, 1.165) is 70.7 Å². The molecule has 52 heavy (non-hydrogen) atoms. The molecule has 0 bridgehead atoms. The predicted molar refractivity (Wildman–Crippen MR) is 210 cm³/mol. The highest BCUT2D eigenvalue weighted by atomic mass is 16.7. The molecule has 7 heteroatoms. The summed E-state index contributed by atoms with van der Waals surface area (Å²) in [7, 11) is 1.67. The van der Waals surface area contributed by atoms with E-state index in [-0.39, 0.29) is 12.6 Å². The molecule has 7 nitrogen and oxygen atoms in total. The van der Waals surface area contributed by atoms with Gasteiger partial charge in [-0.25, -0.2) is 4.79 Å². The van der Waals surface area contributed by atoms with Gasteiger partial charge in [0.25, 0.3) is 0 Å². The van der Waals surface area contributed by atoms with E-state index in [2.05, 4.69) is 103 Å². The highest BCUT2D eigenvalue weighted by Gasteiger charge is 2.12. The Bertz CT molecular complexity index is 1910. The molecule has 5 aromatic rings. The van der Waals surface area contributed by atoms with Gasteiger partial charge in [-0.05, 0) is 116 Å². The summed E-state index contributed by atoms with van der Waals surface area (Å²) in [6, 6.07) is 40.9. The van der Waals surface area contributed by atoms with Gasteiger partial charge in [-0.3, -0.25) is 4.79 Å². The van der Waals surface area contributed by atoms with Crippen LogP contribution in [0.2, 0.25) is 0 Å². The van der Waals surface area contributed by atoms with Crippen molar-refractivity contribution in [2.45, 2.75) is 39.5 Å². The molecule has 0 radical (unpaired) electrons. The van der Waals surface area contributed by atoms with E-state index in [9.17, 15) is 9.59 Å². The van der Waals surface area contributed by atoms with Crippen LogP contribution in [0.25, 0.3) is 24.3 Å². The lowest BCUT2D eigenvalue weighted by Gasteiger charge is -2.26. The minimum atomic E-state index is -0.722. The largest absolute Gasteiger partial charge is 0.513 e. The Labute approximate surface area is 306 Å². The lowest BCUT2D eigenvalue weighted by molar-refractivity contribution is -0.141. The first-order chi connectivity index (χ1) is 25.4. The summed E-state index contributed by atoms with van der Waals surface area (Å²) >= 11 is 0. The van der Waals surface area contributed by atoms with Crippen LogP contribution in [-0.2, 0) is 14.3 Å². The number of carbonyl (C=O) groups is 2. The third-order valence-corrected chi connectivity index (χ3v) is 8.29. The fraction of sp³-hybridized carbons (Fsp3) is 0.200. The number of esters is 1. The van der Waals surface area contributed by atoms with E-state index in [0.29, 0.717) is 12.4 Å². The molecule has 0 aromatic heterocycles. The molecule has 0 fully saturated rings. The molecule has 5 rings (SSSR count). The summed E-state index contributed by atoms with van der Waals surface area (Å²) in [5, 5.41) is 0. The fourth-order valence-electron chi connectivity index (χ4n) is 5.41. The van der Waals surface area contributed by atoms with Gasteiger partial charge >= 0.3 is 12.1 Å². The molecule has 0 unspecified atom stereocenters. The number of hydrogen-bond donors (Lipinski definition) is 0. The maximum atomic E-state index is 12.1. The van der Waals surface area contributed by atoms with Crippen molar-refractivity contribution in [2.24, 2.45) is 0 Å². The molecule has 0 N–H and O–H groups in total. The monoisotopic (exact) mass is 695 g/mol. The molecular formula is C45H45NO6. The molecule has 0 amide bonds. The summed E-state index contributed by atoms with van der Waals surface area (Å²) in [5.41, 5.74) is 8.65. The van der Waals surface area contributed by atoms with E-state index < -0.39 is 6.16 Å². The molecule has 0 heterocycles. The Morgan fingerprint density at radius 3 is 1.33 bits per heavy atom. The minimum absolute atomic E-state index is 0.267. The van der Waals surface area contributed by atoms with Crippen LogP contribution in [0.1, 0.15) is 60.4 Å². The highest BCUT2D eigenvalue weighted by Crippen LogP contribution is 2.35. The third kappa shape index (κ3) is 11.8. The molecule has 0 saturated heterocycles. The number of rotatable bonds is 16. The van der Waals surface area contributed by atoms with Crippen molar-refractivity contribution in [1.29, 1.82) is 0 Å². The van der Waals surface area contributed by atoms with Crippen LogP contribution in [0.3, 0.4) is 0 Å². The zero-order valence-corrected chi connectivity index (χ0v) is 30.0. The lowest BCUT2D eigenvalue weighted by Crippen LogP contribution is -2.11. The van der Waals surface area contributed by atoms with E-state index in [4.69, 9.17) is 18.9 Å². The Kier molecular flexibility index (Phi) is 13.8. The van der Waals surface area contributed by atoms with Crippen molar-refractivity contribution in [2.75, 3.05) is 25.2 Å². The Balaban J connectivity index is 1.17. The van der Waals surface area contributed by atoms with Crippen molar-refractivity contribution in [1.82, 2.24) is 0 Å². The number of nitrogens with zero attached hydrogens (tertiary/aromatic N) is 1. The maximum absolute atomic E-state index is 12.1. The third-order valence-electron chi connectivity index (χ3n) is 8.29. The minimum Gasteiger partial charge on any atom is -0.497 e. The van der Waals surface area contributed by atoms with Crippen molar-refractivity contribution in [3.63, 3.8) is 0 Å². The summed E-state index contributed by atoms with van der Waals surface area (Å²) < 4.78 is 20.7. The summed E-state index contributed by atoms with van der Waals surface area (Å²) in [6.45, 7) is 4.20. The van der Waals surface area contributed by atoms with Gasteiger partial charge in [0.05, 0.1) is 20.3 Å². The number of unbranched alkanes of at least 4 members (excludes halogenated alkanes) is 3. The first kappa shape index (κ1) is 37.2. The number of carbonyl (C=O) groups excluding carboxylic acids is 2. The molecule has 266 valence electrons. The molecular weight excluding hydrogens is 650 g/mol. The molecule has 5 aromatic carbocycles. The molecule has 0 spiro atoms. The summed E-state index contributed by atoms with van der Waals surface area (Å²) in [5.74, 6) is 0.997. The highest BCUT2D eigenvalue weighted by molar-refractivity contribution is 5.79. The van der Waals surface area contributed by atoms with Gasteiger partial charge in [0.15, 0.2) is 0 Å². The van der Waals surface area contributed by atoms with Gasteiger partial charge in [-0.1, -0.05) is 90.5 Å². The number of aryl methyl sites for hydroxylation is 1. The number of anilines is 3. The van der Waals surface area contributed by atoms with Gasteiger partial charge in [-0.2, -0.15) is 0 Å². The standard InChI is InChI=1S/C45H45NO6/c1-34-8-22-40(23-9-34)46(41-24-14-36(15-25-41)10-12-38-18-28-43(49-3)29-19-38)42-26-16-37(17-27-42)11-13-39-20-30-44(31-21-39)52-45(48)51-33-7-5-4-6-32-50-35(2)47/h8-31H,4-7,32-33H2,1-3H3/b12-10+,13-11+. The van der Waals surface area contributed by atoms with Crippen LogP contribution in [0, 0.1) is 6.92 Å². The number of ether oxygens (including phenoxy) is 4. The maximum Gasteiger partial charge on any atom is 0.513 e. The summed E-state index contributed by atoms with van der Waals surface area (Å²) in [4.78, 5) is 25.1. The van der Waals surface area contributed by atoms with E-state index in [1.54, 1.807) is 19.2 Å². The number of benzene rings is 5. The van der Waals surface area contributed by atoms with Gasteiger partial charge in [0.2, 0.25) is 0 Å². The zero-order chi connectivity index (χ0) is 36.5. The Morgan fingerprint density at radius 2 is 0.904 bits per heavy atom. The second-order valence-electron chi connectivity index (χ2n) is 12.3. The van der Waals surface area contributed by atoms with E-state index in [1.807, 2.05) is 42.5 Å². The summed E-state index contributed by atoms with van der Waals surface area (Å²) in [6.07, 6.45) is 10.9. The molecule has 0 saturated carbocycles. The predicted octanol–water partition coefficient (Wildman–Crippen LogP) is 11.5. The van der Waals surface area contributed by atoms with Crippen LogP contribution in [0.4, 0.5) is 21.9 Å². The SMILES string of the molecule is COc1ccc(/C=C/c2ccc(N(c3ccc(C)cc3)c3ccc(/C=C/c4ccc(OC(=O)OCCCCCCOC(C)=O)cc4)cc3)cc2)cc1.